The Morgan fingerprint density at radius 2 is 2.50 bits per heavy atom. The number of rotatable bonds is 1. The van der Waals surface area contributed by atoms with Gasteiger partial charge in [-0.2, -0.15) is 0 Å². The highest BCUT2D eigenvalue weighted by Gasteiger charge is 2.22. The van der Waals surface area contributed by atoms with Gasteiger partial charge in [-0.3, -0.25) is 4.79 Å². The van der Waals surface area contributed by atoms with E-state index < -0.39 is 0 Å². The van der Waals surface area contributed by atoms with Gasteiger partial charge in [0, 0.05) is 0 Å². The molecule has 0 aromatic heterocycles. The van der Waals surface area contributed by atoms with Gasteiger partial charge in [-0.05, 0) is 6.42 Å². The number of nitrogens with zero attached hydrogens (tertiary/aromatic N) is 1. The van der Waals surface area contributed by atoms with Gasteiger partial charge in [-0.1, -0.05) is 19.0 Å². The summed E-state index contributed by atoms with van der Waals surface area (Å²) in [5.74, 6) is 0.126. The van der Waals surface area contributed by atoms with Crippen LogP contribution in [0.1, 0.15) is 20.3 Å². The zero-order chi connectivity index (χ0) is 7.56. The smallest absolute Gasteiger partial charge is 0.186 e. The number of Topliss-reactive ketones (excluding diaryl/α,β-unsaturated/α-hetero) is 1. The van der Waals surface area contributed by atoms with Crippen LogP contribution in [0.3, 0.4) is 0 Å². The fourth-order valence-electron chi connectivity index (χ4n) is 0.871. The van der Waals surface area contributed by atoms with E-state index in [-0.39, 0.29) is 11.7 Å². The fraction of sp³-hybridized carbons (Fsp3) is 0.714. The number of hydrogen-bond acceptors (Lipinski definition) is 3. The van der Waals surface area contributed by atoms with Crippen LogP contribution in [0, 0.1) is 5.92 Å². The average molecular weight is 141 g/mol. The Bertz CT molecular complexity index is 174. The quantitative estimate of drug-likeness (QED) is 0.546. The standard InChI is InChI=1S/C7H11NO2/c1-3-6-7(9)5(2)4-10-8-6/h5H,3-4H2,1-2H3. The molecule has 0 aliphatic carbocycles. The van der Waals surface area contributed by atoms with E-state index in [1.165, 1.54) is 0 Å². The summed E-state index contributed by atoms with van der Waals surface area (Å²) < 4.78 is 0. The van der Waals surface area contributed by atoms with Crippen molar-refractivity contribution in [3.8, 4) is 0 Å². The van der Waals surface area contributed by atoms with Crippen LogP contribution >= 0.6 is 0 Å². The minimum atomic E-state index is -0.00699. The Morgan fingerprint density at radius 1 is 1.80 bits per heavy atom. The van der Waals surface area contributed by atoms with Crippen LogP contribution in [0.5, 0.6) is 0 Å². The summed E-state index contributed by atoms with van der Waals surface area (Å²) >= 11 is 0. The number of hydrogen-bond donors (Lipinski definition) is 0. The van der Waals surface area contributed by atoms with E-state index in [0.717, 1.165) is 0 Å². The molecule has 0 saturated heterocycles. The minimum Gasteiger partial charge on any atom is -0.395 e. The molecule has 1 aliphatic rings. The second kappa shape index (κ2) is 2.82. The van der Waals surface area contributed by atoms with Crippen molar-refractivity contribution in [2.45, 2.75) is 20.3 Å². The van der Waals surface area contributed by atoms with E-state index in [1.807, 2.05) is 13.8 Å². The molecule has 10 heavy (non-hydrogen) atoms. The third-order valence-corrected chi connectivity index (χ3v) is 1.57. The summed E-state index contributed by atoms with van der Waals surface area (Å²) in [7, 11) is 0. The van der Waals surface area contributed by atoms with Crippen molar-refractivity contribution in [1.29, 1.82) is 0 Å². The Labute approximate surface area is 60.0 Å². The zero-order valence-electron chi connectivity index (χ0n) is 6.26. The second-order valence-corrected chi connectivity index (χ2v) is 2.45. The molecule has 0 aromatic rings. The molecule has 1 unspecified atom stereocenters. The highest BCUT2D eigenvalue weighted by atomic mass is 16.6. The molecule has 0 amide bonds. The van der Waals surface area contributed by atoms with Crippen molar-refractivity contribution >= 4 is 11.5 Å². The first-order valence-electron chi connectivity index (χ1n) is 3.48. The molecule has 3 nitrogen and oxygen atoms in total. The molecule has 0 saturated carbocycles. The molecule has 56 valence electrons. The van der Waals surface area contributed by atoms with Crippen molar-refractivity contribution in [3.63, 3.8) is 0 Å². The molecular weight excluding hydrogens is 130 g/mol. The van der Waals surface area contributed by atoms with Gasteiger partial charge in [0.05, 0.1) is 5.92 Å². The summed E-state index contributed by atoms with van der Waals surface area (Å²) in [6, 6.07) is 0. The summed E-state index contributed by atoms with van der Waals surface area (Å²) in [5, 5.41) is 3.65. The second-order valence-electron chi connectivity index (χ2n) is 2.45. The van der Waals surface area contributed by atoms with Crippen LogP contribution in [0.4, 0.5) is 0 Å². The van der Waals surface area contributed by atoms with Crippen LogP contribution in [-0.4, -0.2) is 18.1 Å². The van der Waals surface area contributed by atoms with Crippen molar-refractivity contribution in [2.75, 3.05) is 6.61 Å². The number of oxime groups is 1. The van der Waals surface area contributed by atoms with Gasteiger partial charge in [-0.25, -0.2) is 0 Å². The van der Waals surface area contributed by atoms with E-state index >= 15 is 0 Å². The van der Waals surface area contributed by atoms with E-state index in [2.05, 4.69) is 5.16 Å². The number of carbonyl (C=O) groups excluding carboxylic acids is 1. The van der Waals surface area contributed by atoms with Gasteiger partial charge in [-0.15, -0.1) is 0 Å². The number of carbonyl (C=O) groups is 1. The Morgan fingerprint density at radius 3 is 3.00 bits per heavy atom. The molecule has 0 aromatic carbocycles. The van der Waals surface area contributed by atoms with Crippen molar-refractivity contribution in [3.05, 3.63) is 0 Å². The van der Waals surface area contributed by atoms with Crippen LogP contribution in [0.2, 0.25) is 0 Å². The lowest BCUT2D eigenvalue weighted by Crippen LogP contribution is -2.28. The van der Waals surface area contributed by atoms with Crippen LogP contribution < -0.4 is 0 Å². The summed E-state index contributed by atoms with van der Waals surface area (Å²) in [5.41, 5.74) is 0.568. The predicted molar refractivity (Wildman–Crippen MR) is 37.8 cm³/mol. The molecule has 1 atom stereocenters. The molecule has 0 N–H and O–H groups in total. The number of ketones is 1. The fourth-order valence-corrected chi connectivity index (χ4v) is 0.871. The van der Waals surface area contributed by atoms with E-state index in [1.54, 1.807) is 0 Å². The van der Waals surface area contributed by atoms with Crippen LogP contribution in [0.25, 0.3) is 0 Å². The third-order valence-electron chi connectivity index (χ3n) is 1.57. The van der Waals surface area contributed by atoms with Crippen molar-refractivity contribution in [2.24, 2.45) is 11.1 Å². The lowest BCUT2D eigenvalue weighted by molar-refractivity contribution is -0.119. The summed E-state index contributed by atoms with van der Waals surface area (Å²) in [4.78, 5) is 16.0. The summed E-state index contributed by atoms with van der Waals surface area (Å²) in [6.07, 6.45) is 0.670. The molecule has 0 radical (unpaired) electrons. The topological polar surface area (TPSA) is 38.7 Å². The van der Waals surface area contributed by atoms with E-state index in [9.17, 15) is 4.79 Å². The van der Waals surface area contributed by atoms with Gasteiger partial charge < -0.3 is 4.84 Å². The minimum absolute atomic E-state index is 0.00699. The maximum atomic E-state index is 11.1. The monoisotopic (exact) mass is 141 g/mol. The highest BCUT2D eigenvalue weighted by Crippen LogP contribution is 2.08. The Balaban J connectivity index is 2.72. The van der Waals surface area contributed by atoms with E-state index in [0.29, 0.717) is 18.7 Å². The Kier molecular flexibility index (Phi) is 2.04. The lowest BCUT2D eigenvalue weighted by Gasteiger charge is -2.14. The highest BCUT2D eigenvalue weighted by molar-refractivity contribution is 6.40. The molecular formula is C7H11NO2. The maximum absolute atomic E-state index is 11.1. The molecule has 0 spiro atoms. The maximum Gasteiger partial charge on any atom is 0.186 e. The van der Waals surface area contributed by atoms with Gasteiger partial charge in [0.2, 0.25) is 0 Å². The average Bonchev–Trinajstić information content (AvgIpc) is 1.95. The Hall–Kier alpha value is -0.860. The molecule has 1 aliphatic heterocycles. The van der Waals surface area contributed by atoms with E-state index in [4.69, 9.17) is 4.84 Å². The SMILES string of the molecule is CCC1=NOCC(C)C1=O. The van der Waals surface area contributed by atoms with Gasteiger partial charge in [0.1, 0.15) is 12.3 Å². The lowest BCUT2D eigenvalue weighted by atomic mass is 10.0. The van der Waals surface area contributed by atoms with Gasteiger partial charge >= 0.3 is 0 Å². The van der Waals surface area contributed by atoms with Crippen LogP contribution in [-0.2, 0) is 9.63 Å². The van der Waals surface area contributed by atoms with Gasteiger partial charge in [0.25, 0.3) is 0 Å². The first-order chi connectivity index (χ1) is 4.75. The normalized spacial score (nSPS) is 25.6. The molecule has 1 rings (SSSR count). The third kappa shape index (κ3) is 1.17. The summed E-state index contributed by atoms with van der Waals surface area (Å²) in [6.45, 7) is 4.19. The molecule has 1 heterocycles. The van der Waals surface area contributed by atoms with Gasteiger partial charge in [0.15, 0.2) is 5.78 Å². The molecule has 3 heteroatoms. The largest absolute Gasteiger partial charge is 0.395 e. The zero-order valence-corrected chi connectivity index (χ0v) is 6.26. The first kappa shape index (κ1) is 7.25. The van der Waals surface area contributed by atoms with Crippen molar-refractivity contribution < 1.29 is 9.63 Å². The molecule has 0 bridgehead atoms. The first-order valence-corrected chi connectivity index (χ1v) is 3.48. The predicted octanol–water partition coefficient (Wildman–Crippen LogP) is 0.988. The van der Waals surface area contributed by atoms with Crippen molar-refractivity contribution in [1.82, 2.24) is 0 Å². The molecule has 0 fully saturated rings. The van der Waals surface area contributed by atoms with Crippen LogP contribution in [0.15, 0.2) is 5.16 Å².